The Balaban J connectivity index is 1.35. The Hall–Kier alpha value is -3.39. The molecule has 0 bridgehead atoms. The number of aryl methyl sites for hydroxylation is 2. The molecule has 176 valence electrons. The summed E-state index contributed by atoms with van der Waals surface area (Å²) >= 11 is 1.36. The highest BCUT2D eigenvalue weighted by Crippen LogP contribution is 2.30. The van der Waals surface area contributed by atoms with Crippen molar-refractivity contribution < 1.29 is 14.3 Å². The summed E-state index contributed by atoms with van der Waals surface area (Å²) < 4.78 is 11.6. The first-order chi connectivity index (χ1) is 16.3. The molecule has 0 atom stereocenters. The van der Waals surface area contributed by atoms with E-state index in [4.69, 9.17) is 14.9 Å². The van der Waals surface area contributed by atoms with Gasteiger partial charge in [0, 0.05) is 6.42 Å². The molecular formula is C26H28N4O3S. The van der Waals surface area contributed by atoms with Gasteiger partial charge >= 0.3 is 0 Å². The third-order valence-electron chi connectivity index (χ3n) is 5.21. The second kappa shape index (κ2) is 10.3. The van der Waals surface area contributed by atoms with Gasteiger partial charge in [0.2, 0.25) is 5.17 Å². The molecule has 0 saturated carbocycles. The molecule has 0 saturated heterocycles. The number of thioether (sulfide) groups is 1. The second-order valence-corrected chi connectivity index (χ2v) is 9.69. The van der Waals surface area contributed by atoms with Gasteiger partial charge in [-0.15, -0.1) is 0 Å². The highest BCUT2D eigenvalue weighted by Gasteiger charge is 2.35. The molecule has 0 fully saturated rings. The van der Waals surface area contributed by atoms with E-state index in [0.717, 1.165) is 28.3 Å². The first-order valence-electron chi connectivity index (χ1n) is 11.2. The maximum absolute atomic E-state index is 12.6. The number of rotatable bonds is 8. The molecule has 0 aromatic heterocycles. The van der Waals surface area contributed by atoms with Gasteiger partial charge in [0.25, 0.3) is 5.91 Å². The lowest BCUT2D eigenvalue weighted by Crippen LogP contribution is -2.35. The molecule has 4 rings (SSSR count). The molecule has 1 N–H and O–H groups in total. The zero-order valence-corrected chi connectivity index (χ0v) is 20.6. The van der Waals surface area contributed by atoms with Crippen molar-refractivity contribution in [2.24, 2.45) is 16.0 Å². The first-order valence-corrected chi connectivity index (χ1v) is 12.0. The number of fused-ring (bicyclic) bond motifs is 1. The smallest absolute Gasteiger partial charge is 0.283 e. The van der Waals surface area contributed by atoms with Gasteiger partial charge in [0.05, 0.1) is 5.57 Å². The summed E-state index contributed by atoms with van der Waals surface area (Å²) in [5, 5.41) is 15.7. The number of carbonyl (C=O) groups is 1. The number of amides is 1. The van der Waals surface area contributed by atoms with Crippen LogP contribution in [0.15, 0.2) is 58.1 Å². The zero-order valence-electron chi connectivity index (χ0n) is 19.8. The Morgan fingerprint density at radius 3 is 2.53 bits per heavy atom. The molecule has 0 radical (unpaired) electrons. The molecule has 2 aliphatic heterocycles. The fourth-order valence-corrected chi connectivity index (χ4v) is 4.66. The van der Waals surface area contributed by atoms with Crippen molar-refractivity contribution in [2.75, 3.05) is 13.2 Å². The standard InChI is InChI=1S/C26H28N4O3S/c1-16(2)13-23-29-30-24(27)21(25(31)28-26(30)34-23)15-19-6-8-20(9-7-19)32-11-12-33-22-10-5-17(3)14-18(22)4/h5-10,14-16,27H,11-13H2,1-4H3. The molecule has 0 spiro atoms. The predicted molar refractivity (Wildman–Crippen MR) is 138 cm³/mol. The van der Waals surface area contributed by atoms with Crippen LogP contribution in [0.4, 0.5) is 0 Å². The van der Waals surface area contributed by atoms with Crippen molar-refractivity contribution in [1.29, 1.82) is 5.41 Å². The van der Waals surface area contributed by atoms with E-state index in [0.29, 0.717) is 30.0 Å². The number of aliphatic imine (C=N–C) groups is 1. The molecule has 2 aromatic carbocycles. The van der Waals surface area contributed by atoms with E-state index < -0.39 is 5.91 Å². The number of carbonyl (C=O) groups excluding carboxylic acids is 1. The highest BCUT2D eigenvalue weighted by molar-refractivity contribution is 8.26. The van der Waals surface area contributed by atoms with E-state index in [-0.39, 0.29) is 11.4 Å². The van der Waals surface area contributed by atoms with E-state index in [1.807, 2.05) is 43.3 Å². The molecule has 0 aliphatic carbocycles. The van der Waals surface area contributed by atoms with Crippen LogP contribution in [-0.2, 0) is 4.79 Å². The number of nitrogens with zero attached hydrogens (tertiary/aromatic N) is 3. The number of hydrogen-bond acceptors (Lipinski definition) is 6. The van der Waals surface area contributed by atoms with Crippen LogP contribution in [0, 0.1) is 25.2 Å². The van der Waals surface area contributed by atoms with Crippen molar-refractivity contribution in [2.45, 2.75) is 34.1 Å². The molecule has 2 heterocycles. The molecule has 0 unspecified atom stereocenters. The second-order valence-electron chi connectivity index (χ2n) is 8.65. The molecule has 1 amide bonds. The lowest BCUT2D eigenvalue weighted by Gasteiger charge is -2.20. The maximum atomic E-state index is 12.6. The fraction of sp³-hybridized carbons (Fsp3) is 0.308. The zero-order chi connectivity index (χ0) is 24.2. The summed E-state index contributed by atoms with van der Waals surface area (Å²) in [7, 11) is 0. The number of amidine groups is 2. The lowest BCUT2D eigenvalue weighted by atomic mass is 10.1. The summed E-state index contributed by atoms with van der Waals surface area (Å²) in [6.07, 6.45) is 2.45. The van der Waals surface area contributed by atoms with E-state index in [1.165, 1.54) is 22.3 Å². The van der Waals surface area contributed by atoms with Crippen LogP contribution in [-0.4, -0.2) is 40.2 Å². The Morgan fingerprint density at radius 2 is 1.82 bits per heavy atom. The minimum Gasteiger partial charge on any atom is -0.490 e. The largest absolute Gasteiger partial charge is 0.490 e. The number of nitrogens with one attached hydrogen (secondary N) is 1. The fourth-order valence-electron chi connectivity index (χ4n) is 3.56. The van der Waals surface area contributed by atoms with Crippen LogP contribution < -0.4 is 9.47 Å². The minimum atomic E-state index is -0.423. The Labute approximate surface area is 204 Å². The summed E-state index contributed by atoms with van der Waals surface area (Å²) in [6.45, 7) is 9.15. The van der Waals surface area contributed by atoms with Crippen molar-refractivity contribution >= 4 is 39.8 Å². The quantitative estimate of drug-likeness (QED) is 0.406. The van der Waals surface area contributed by atoms with Gasteiger partial charge < -0.3 is 9.47 Å². The van der Waals surface area contributed by atoms with Gasteiger partial charge in [-0.3, -0.25) is 10.2 Å². The number of hydrazone groups is 1. The van der Waals surface area contributed by atoms with Crippen LogP contribution in [0.3, 0.4) is 0 Å². The molecule has 8 heteroatoms. The average Bonchev–Trinajstić information content (AvgIpc) is 3.18. The van der Waals surface area contributed by atoms with E-state index in [2.05, 4.69) is 36.9 Å². The summed E-state index contributed by atoms with van der Waals surface area (Å²) in [5.41, 5.74) is 3.31. The number of hydrogen-bond donors (Lipinski definition) is 1. The maximum Gasteiger partial charge on any atom is 0.283 e. The van der Waals surface area contributed by atoms with Gasteiger partial charge in [-0.25, -0.2) is 0 Å². The van der Waals surface area contributed by atoms with E-state index >= 15 is 0 Å². The highest BCUT2D eigenvalue weighted by atomic mass is 32.2. The van der Waals surface area contributed by atoms with Crippen LogP contribution in [0.2, 0.25) is 0 Å². The number of benzene rings is 2. The van der Waals surface area contributed by atoms with Gasteiger partial charge in [0.1, 0.15) is 29.8 Å². The van der Waals surface area contributed by atoms with Gasteiger partial charge in [-0.1, -0.05) is 43.7 Å². The topological polar surface area (TPSA) is 87.3 Å². The van der Waals surface area contributed by atoms with E-state index in [1.54, 1.807) is 6.08 Å². The van der Waals surface area contributed by atoms with E-state index in [9.17, 15) is 4.79 Å². The Bertz CT molecular complexity index is 1200. The van der Waals surface area contributed by atoms with Crippen LogP contribution in [0.25, 0.3) is 6.08 Å². The molecule has 7 nitrogen and oxygen atoms in total. The SMILES string of the molecule is Cc1ccc(OCCOc2ccc(C=C3C(=N)N4N=C(CC(C)C)SC4=NC3=O)cc2)c(C)c1. The van der Waals surface area contributed by atoms with Crippen LogP contribution >= 0.6 is 11.8 Å². The van der Waals surface area contributed by atoms with Crippen LogP contribution in [0.1, 0.15) is 37.0 Å². The Morgan fingerprint density at radius 1 is 1.09 bits per heavy atom. The predicted octanol–water partition coefficient (Wildman–Crippen LogP) is 5.43. The summed E-state index contributed by atoms with van der Waals surface area (Å²) in [4.78, 5) is 16.7. The lowest BCUT2D eigenvalue weighted by molar-refractivity contribution is -0.114. The van der Waals surface area contributed by atoms with Crippen molar-refractivity contribution in [1.82, 2.24) is 5.01 Å². The summed E-state index contributed by atoms with van der Waals surface area (Å²) in [6, 6.07) is 13.4. The average molecular weight is 477 g/mol. The summed E-state index contributed by atoms with van der Waals surface area (Å²) in [5.74, 6) is 1.63. The van der Waals surface area contributed by atoms with Gasteiger partial charge in [-0.2, -0.15) is 15.1 Å². The normalized spacial score (nSPS) is 16.6. The Kier molecular flexibility index (Phi) is 7.17. The van der Waals surface area contributed by atoms with Crippen molar-refractivity contribution in [3.63, 3.8) is 0 Å². The van der Waals surface area contributed by atoms with Crippen molar-refractivity contribution in [3.8, 4) is 11.5 Å². The monoisotopic (exact) mass is 476 g/mol. The van der Waals surface area contributed by atoms with Crippen molar-refractivity contribution in [3.05, 3.63) is 64.7 Å². The number of ether oxygens (including phenoxy) is 2. The molecular weight excluding hydrogens is 448 g/mol. The van der Waals surface area contributed by atoms with Crippen LogP contribution in [0.5, 0.6) is 11.5 Å². The molecule has 34 heavy (non-hydrogen) atoms. The third kappa shape index (κ3) is 5.56. The minimum absolute atomic E-state index is 0.0464. The van der Waals surface area contributed by atoms with Gasteiger partial charge in [-0.05, 0) is 66.9 Å². The molecule has 2 aromatic rings. The van der Waals surface area contributed by atoms with Gasteiger partial charge in [0.15, 0.2) is 5.84 Å². The first kappa shape index (κ1) is 23.8. The molecule has 2 aliphatic rings. The third-order valence-corrected chi connectivity index (χ3v) is 6.14.